The summed E-state index contributed by atoms with van der Waals surface area (Å²) in [6, 6.07) is 5.11. The molecular weight excluding hydrogens is 360 g/mol. The minimum absolute atomic E-state index is 0.122. The van der Waals surface area contributed by atoms with Gasteiger partial charge in [0.2, 0.25) is 10.0 Å². The summed E-state index contributed by atoms with van der Waals surface area (Å²) in [6.07, 6.45) is 1.10. The molecule has 0 spiro atoms. The number of methoxy groups -OCH3 is 1. The van der Waals surface area contributed by atoms with Crippen LogP contribution in [0.2, 0.25) is 0 Å². The summed E-state index contributed by atoms with van der Waals surface area (Å²) in [4.78, 5) is 14.1. The van der Waals surface area contributed by atoms with Gasteiger partial charge in [-0.1, -0.05) is 15.9 Å². The molecule has 1 atom stereocenters. The Balaban J connectivity index is 2.24. The van der Waals surface area contributed by atoms with E-state index in [1.807, 2.05) is 0 Å². The normalized spacial score (nSPS) is 19.4. The van der Waals surface area contributed by atoms with E-state index in [4.69, 9.17) is 9.88 Å². The highest BCUT2D eigenvalue weighted by Gasteiger charge is 2.31. The number of nitrogens with zero attached hydrogens (tertiary/aromatic N) is 1. The third-order valence-corrected chi connectivity index (χ3v) is 5.33. The first kappa shape index (κ1) is 16.3. The molecule has 1 aliphatic rings. The van der Waals surface area contributed by atoms with Crippen LogP contribution >= 0.6 is 15.9 Å². The van der Waals surface area contributed by atoms with E-state index in [0.29, 0.717) is 30.7 Å². The minimum atomic E-state index is -3.63. The fraction of sp³-hybridized carbons (Fsp3) is 0.462. The number of piperidine rings is 1. The number of sulfonamides is 1. The van der Waals surface area contributed by atoms with Crippen LogP contribution in [-0.2, 0) is 10.0 Å². The Kier molecular flexibility index (Phi) is 4.90. The lowest BCUT2D eigenvalue weighted by atomic mass is 10.1. The smallest absolute Gasteiger partial charge is 0.257 e. The molecule has 8 heteroatoms. The summed E-state index contributed by atoms with van der Waals surface area (Å²) in [7, 11) is -2.14. The van der Waals surface area contributed by atoms with E-state index in [1.165, 1.54) is 12.0 Å². The van der Waals surface area contributed by atoms with Gasteiger partial charge in [-0.3, -0.25) is 4.79 Å². The van der Waals surface area contributed by atoms with Crippen molar-refractivity contribution >= 4 is 31.9 Å². The van der Waals surface area contributed by atoms with E-state index in [-0.39, 0.29) is 12.5 Å². The average molecular weight is 377 g/mol. The van der Waals surface area contributed by atoms with Crippen LogP contribution in [0.3, 0.4) is 0 Å². The van der Waals surface area contributed by atoms with E-state index in [9.17, 15) is 13.2 Å². The first-order valence-corrected chi connectivity index (χ1v) is 8.87. The maximum Gasteiger partial charge on any atom is 0.257 e. The Morgan fingerprint density at radius 3 is 2.81 bits per heavy atom. The highest BCUT2D eigenvalue weighted by molar-refractivity contribution is 9.10. The third kappa shape index (κ3) is 3.75. The van der Waals surface area contributed by atoms with E-state index >= 15 is 0 Å². The molecule has 2 N–H and O–H groups in total. The van der Waals surface area contributed by atoms with Crippen molar-refractivity contribution in [3.8, 4) is 5.75 Å². The van der Waals surface area contributed by atoms with Crippen molar-refractivity contribution in [1.29, 1.82) is 0 Å². The number of nitrogens with two attached hydrogens (primary N) is 1. The van der Waals surface area contributed by atoms with Crippen LogP contribution in [-0.4, -0.2) is 44.7 Å². The Morgan fingerprint density at radius 2 is 2.19 bits per heavy atom. The molecule has 1 amide bonds. The lowest BCUT2D eigenvalue weighted by Gasteiger charge is -2.31. The second kappa shape index (κ2) is 6.33. The summed E-state index contributed by atoms with van der Waals surface area (Å²) < 4.78 is 28.9. The van der Waals surface area contributed by atoms with E-state index in [0.717, 1.165) is 4.47 Å². The fourth-order valence-corrected chi connectivity index (χ4v) is 3.63. The number of primary sulfonamides is 1. The first-order chi connectivity index (χ1) is 9.82. The van der Waals surface area contributed by atoms with Gasteiger partial charge in [-0.2, -0.15) is 0 Å². The molecule has 21 heavy (non-hydrogen) atoms. The van der Waals surface area contributed by atoms with Gasteiger partial charge in [-0.25, -0.2) is 13.6 Å². The molecule has 1 aliphatic heterocycles. The average Bonchev–Trinajstić information content (AvgIpc) is 2.45. The molecule has 0 radical (unpaired) electrons. The Labute approximate surface area is 132 Å². The standard InChI is InChI=1S/C13H17BrN2O4S/c1-20-12-7-9(14)4-5-11(12)13(17)16-6-2-3-10(8-16)21(15,18)19/h4-5,7,10H,2-3,6,8H2,1H3,(H2,15,18,19). The molecule has 0 bridgehead atoms. The van der Waals surface area contributed by atoms with Gasteiger partial charge in [-0.15, -0.1) is 0 Å². The summed E-state index contributed by atoms with van der Waals surface area (Å²) in [5.74, 6) is 0.208. The maximum absolute atomic E-state index is 12.6. The Morgan fingerprint density at radius 1 is 1.48 bits per heavy atom. The van der Waals surface area contributed by atoms with Crippen LogP contribution in [0.25, 0.3) is 0 Å². The van der Waals surface area contributed by atoms with Gasteiger partial charge < -0.3 is 9.64 Å². The largest absolute Gasteiger partial charge is 0.496 e. The molecule has 1 unspecified atom stereocenters. The second-order valence-electron chi connectivity index (χ2n) is 4.95. The van der Waals surface area contributed by atoms with Crippen LogP contribution < -0.4 is 9.88 Å². The van der Waals surface area contributed by atoms with Gasteiger partial charge in [0, 0.05) is 17.6 Å². The van der Waals surface area contributed by atoms with Crippen LogP contribution in [0, 0.1) is 0 Å². The van der Waals surface area contributed by atoms with Gasteiger partial charge in [0.25, 0.3) is 5.91 Å². The van der Waals surface area contributed by atoms with Gasteiger partial charge in [-0.05, 0) is 31.0 Å². The number of hydrogen-bond donors (Lipinski definition) is 1. The van der Waals surface area contributed by atoms with Crippen LogP contribution in [0.4, 0.5) is 0 Å². The number of amides is 1. The predicted octanol–water partition coefficient (Wildman–Crippen LogP) is 1.35. The lowest BCUT2D eigenvalue weighted by molar-refractivity contribution is 0.0723. The monoisotopic (exact) mass is 376 g/mol. The van der Waals surface area contributed by atoms with Crippen molar-refractivity contribution in [2.45, 2.75) is 18.1 Å². The summed E-state index contributed by atoms with van der Waals surface area (Å²) >= 11 is 3.32. The first-order valence-electron chi connectivity index (χ1n) is 6.47. The second-order valence-corrected chi connectivity index (χ2v) is 7.71. The highest BCUT2D eigenvalue weighted by atomic mass is 79.9. The predicted molar refractivity (Wildman–Crippen MR) is 82.7 cm³/mol. The van der Waals surface area contributed by atoms with Crippen molar-refractivity contribution < 1.29 is 17.9 Å². The number of rotatable bonds is 3. The fourth-order valence-electron chi connectivity index (χ4n) is 2.40. The number of benzene rings is 1. The van der Waals surface area contributed by atoms with Crippen LogP contribution in [0.5, 0.6) is 5.75 Å². The molecular formula is C13H17BrN2O4S. The topological polar surface area (TPSA) is 89.7 Å². The molecule has 1 aromatic carbocycles. The number of likely N-dealkylation sites (tertiary alicyclic amines) is 1. The zero-order valence-corrected chi connectivity index (χ0v) is 14.0. The van der Waals surface area contributed by atoms with E-state index in [2.05, 4.69) is 15.9 Å². The number of ether oxygens (including phenoxy) is 1. The Bertz CT molecular complexity index is 648. The number of halogens is 1. The summed E-state index contributed by atoms with van der Waals surface area (Å²) in [6.45, 7) is 0.640. The van der Waals surface area contributed by atoms with Crippen LogP contribution in [0.15, 0.2) is 22.7 Å². The van der Waals surface area contributed by atoms with Crippen molar-refractivity contribution in [1.82, 2.24) is 4.90 Å². The van der Waals surface area contributed by atoms with Crippen molar-refractivity contribution in [2.24, 2.45) is 5.14 Å². The molecule has 0 saturated carbocycles. The molecule has 1 fully saturated rings. The van der Waals surface area contributed by atoms with Gasteiger partial charge in [0.15, 0.2) is 0 Å². The number of carbonyl (C=O) groups is 1. The quantitative estimate of drug-likeness (QED) is 0.861. The molecule has 6 nitrogen and oxygen atoms in total. The van der Waals surface area contributed by atoms with Gasteiger partial charge in [0.05, 0.1) is 17.9 Å². The summed E-state index contributed by atoms with van der Waals surface area (Å²) in [5, 5.41) is 4.49. The number of carbonyl (C=O) groups excluding carboxylic acids is 1. The van der Waals surface area contributed by atoms with Crippen molar-refractivity contribution in [2.75, 3.05) is 20.2 Å². The molecule has 1 saturated heterocycles. The zero-order valence-electron chi connectivity index (χ0n) is 11.6. The molecule has 1 heterocycles. The molecule has 1 aromatic rings. The molecule has 0 aliphatic carbocycles. The van der Waals surface area contributed by atoms with E-state index in [1.54, 1.807) is 18.2 Å². The maximum atomic E-state index is 12.6. The molecule has 116 valence electrons. The number of hydrogen-bond acceptors (Lipinski definition) is 4. The molecule has 2 rings (SSSR count). The SMILES string of the molecule is COc1cc(Br)ccc1C(=O)N1CCCC(S(N)(=O)=O)C1. The molecule has 0 aromatic heterocycles. The van der Waals surface area contributed by atoms with E-state index < -0.39 is 15.3 Å². The van der Waals surface area contributed by atoms with Gasteiger partial charge in [0.1, 0.15) is 5.75 Å². The minimum Gasteiger partial charge on any atom is -0.496 e. The van der Waals surface area contributed by atoms with Crippen molar-refractivity contribution in [3.05, 3.63) is 28.2 Å². The highest BCUT2D eigenvalue weighted by Crippen LogP contribution is 2.26. The Hall–Kier alpha value is -1.12. The lowest BCUT2D eigenvalue weighted by Crippen LogP contribution is -2.47. The van der Waals surface area contributed by atoms with Crippen LogP contribution in [0.1, 0.15) is 23.2 Å². The summed E-state index contributed by atoms with van der Waals surface area (Å²) in [5.41, 5.74) is 0.413. The van der Waals surface area contributed by atoms with Crippen molar-refractivity contribution in [3.63, 3.8) is 0 Å². The zero-order chi connectivity index (χ0) is 15.6. The third-order valence-electron chi connectivity index (χ3n) is 3.52. The van der Waals surface area contributed by atoms with Gasteiger partial charge >= 0.3 is 0 Å².